The van der Waals surface area contributed by atoms with E-state index in [9.17, 15) is 9.59 Å². The predicted octanol–water partition coefficient (Wildman–Crippen LogP) is 3.71. The quantitative estimate of drug-likeness (QED) is 0.856. The Morgan fingerprint density at radius 1 is 1.15 bits per heavy atom. The highest BCUT2D eigenvalue weighted by atomic mass is 16.5. The van der Waals surface area contributed by atoms with Crippen molar-refractivity contribution >= 4 is 17.5 Å². The number of nitrogens with one attached hydrogen (secondary N) is 2. The number of carbonyl (C=O) groups is 2. The predicted molar refractivity (Wildman–Crippen MR) is 99.2 cm³/mol. The lowest BCUT2D eigenvalue weighted by Crippen LogP contribution is -2.32. The number of nitrogens with zero attached hydrogens (tertiary/aromatic N) is 1. The van der Waals surface area contributed by atoms with Crippen molar-refractivity contribution in [2.45, 2.75) is 58.4 Å². The summed E-state index contributed by atoms with van der Waals surface area (Å²) in [4.78, 5) is 24.8. The fourth-order valence-electron chi connectivity index (χ4n) is 3.53. The number of hydrogen-bond donors (Lipinski definition) is 2. The van der Waals surface area contributed by atoms with Gasteiger partial charge in [-0.2, -0.15) is 0 Å². The second-order valence-electron chi connectivity index (χ2n) is 6.98. The molecule has 1 heterocycles. The Kier molecular flexibility index (Phi) is 5.40. The zero-order chi connectivity index (χ0) is 18.7. The van der Waals surface area contributed by atoms with Gasteiger partial charge in [0.25, 0.3) is 5.91 Å². The van der Waals surface area contributed by atoms with E-state index in [1.165, 1.54) is 12.8 Å². The molecule has 0 spiro atoms. The first-order valence-electron chi connectivity index (χ1n) is 9.10. The number of aryl methyl sites for hydroxylation is 2. The fraction of sp³-hybridized carbons (Fsp3) is 0.450. The molecule has 6 heteroatoms. The normalized spacial score (nSPS) is 15.7. The first-order chi connectivity index (χ1) is 12.5. The lowest BCUT2D eigenvalue weighted by molar-refractivity contribution is -0.117. The van der Waals surface area contributed by atoms with Crippen LogP contribution in [0.15, 0.2) is 28.8 Å². The van der Waals surface area contributed by atoms with Crippen LogP contribution in [0.25, 0.3) is 0 Å². The highest BCUT2D eigenvalue weighted by Gasteiger charge is 2.23. The van der Waals surface area contributed by atoms with E-state index in [1.807, 2.05) is 13.8 Å². The molecule has 1 aromatic heterocycles. The fourth-order valence-corrected chi connectivity index (χ4v) is 3.53. The molecule has 0 aliphatic heterocycles. The summed E-state index contributed by atoms with van der Waals surface area (Å²) in [6.45, 7) is 5.45. The Bertz CT molecular complexity index is 770. The Hall–Kier alpha value is -2.63. The Morgan fingerprint density at radius 3 is 2.38 bits per heavy atom. The van der Waals surface area contributed by atoms with Crippen LogP contribution in [0.5, 0.6) is 0 Å². The molecule has 3 rings (SSSR count). The number of hydrogen-bond acceptors (Lipinski definition) is 4. The number of anilines is 1. The van der Waals surface area contributed by atoms with Crippen molar-refractivity contribution in [1.82, 2.24) is 10.5 Å². The van der Waals surface area contributed by atoms with Crippen LogP contribution in [0.1, 0.15) is 65.9 Å². The van der Waals surface area contributed by atoms with Gasteiger partial charge in [0.05, 0.1) is 11.6 Å². The number of benzene rings is 1. The van der Waals surface area contributed by atoms with Gasteiger partial charge in [-0.15, -0.1) is 0 Å². The topological polar surface area (TPSA) is 84.2 Å². The van der Waals surface area contributed by atoms with Crippen LogP contribution in [0.4, 0.5) is 5.69 Å². The van der Waals surface area contributed by atoms with Gasteiger partial charge in [-0.3, -0.25) is 9.59 Å². The summed E-state index contributed by atoms with van der Waals surface area (Å²) in [7, 11) is 0. The Balaban J connectivity index is 1.61. The third kappa shape index (κ3) is 3.95. The van der Waals surface area contributed by atoms with E-state index in [0.29, 0.717) is 17.0 Å². The molecule has 0 saturated heterocycles. The van der Waals surface area contributed by atoms with Gasteiger partial charge in [-0.1, -0.05) is 18.0 Å². The average molecular weight is 355 g/mol. The van der Waals surface area contributed by atoms with E-state index in [0.717, 1.165) is 24.1 Å². The van der Waals surface area contributed by atoms with E-state index >= 15 is 0 Å². The lowest BCUT2D eigenvalue weighted by atomic mass is 9.98. The zero-order valence-electron chi connectivity index (χ0n) is 15.5. The Labute approximate surface area is 153 Å². The number of carbonyl (C=O) groups excluding carboxylic acids is 2. The first-order valence-corrected chi connectivity index (χ1v) is 9.10. The Morgan fingerprint density at radius 2 is 1.81 bits per heavy atom. The molecule has 2 amide bonds. The minimum atomic E-state index is -0.369. The van der Waals surface area contributed by atoms with E-state index in [-0.39, 0.29) is 23.8 Å². The molecule has 138 valence electrons. The van der Waals surface area contributed by atoms with E-state index < -0.39 is 0 Å². The average Bonchev–Trinajstić information content (AvgIpc) is 3.24. The van der Waals surface area contributed by atoms with Crippen molar-refractivity contribution < 1.29 is 14.1 Å². The SMILES string of the molecule is Cc1noc(C)c1C(C)C(=O)Nc1ccc(C(=O)NC2CCCC2)cc1. The van der Waals surface area contributed by atoms with Crippen LogP contribution in [0.3, 0.4) is 0 Å². The van der Waals surface area contributed by atoms with Gasteiger partial charge >= 0.3 is 0 Å². The van der Waals surface area contributed by atoms with E-state index in [2.05, 4.69) is 15.8 Å². The molecule has 1 aliphatic carbocycles. The highest BCUT2D eigenvalue weighted by Crippen LogP contribution is 2.24. The lowest BCUT2D eigenvalue weighted by Gasteiger charge is -2.14. The molecular formula is C20H25N3O3. The van der Waals surface area contributed by atoms with Gasteiger partial charge in [0.1, 0.15) is 5.76 Å². The molecule has 1 fully saturated rings. The van der Waals surface area contributed by atoms with Crippen molar-refractivity contribution in [2.75, 3.05) is 5.32 Å². The molecule has 0 radical (unpaired) electrons. The van der Waals surface area contributed by atoms with Gasteiger partial charge in [0.15, 0.2) is 0 Å². The first kappa shape index (κ1) is 18.2. The summed E-state index contributed by atoms with van der Waals surface area (Å²) in [5.74, 6) is 0.0945. The van der Waals surface area contributed by atoms with Crippen molar-refractivity contribution in [1.29, 1.82) is 0 Å². The minimum Gasteiger partial charge on any atom is -0.361 e. The molecule has 1 saturated carbocycles. The van der Waals surface area contributed by atoms with Crippen LogP contribution in [0.2, 0.25) is 0 Å². The smallest absolute Gasteiger partial charge is 0.251 e. The highest BCUT2D eigenvalue weighted by molar-refractivity contribution is 5.97. The van der Waals surface area contributed by atoms with Crippen molar-refractivity contribution in [3.63, 3.8) is 0 Å². The molecule has 2 aromatic rings. The van der Waals surface area contributed by atoms with Gasteiger partial charge in [-0.25, -0.2) is 0 Å². The van der Waals surface area contributed by atoms with Crippen molar-refractivity contribution in [2.24, 2.45) is 0 Å². The maximum absolute atomic E-state index is 12.5. The molecule has 26 heavy (non-hydrogen) atoms. The summed E-state index contributed by atoms with van der Waals surface area (Å²) in [5, 5.41) is 9.84. The molecule has 1 unspecified atom stereocenters. The van der Waals surface area contributed by atoms with Gasteiger partial charge in [0.2, 0.25) is 5.91 Å². The largest absolute Gasteiger partial charge is 0.361 e. The van der Waals surface area contributed by atoms with Crippen molar-refractivity contribution in [3.8, 4) is 0 Å². The number of aromatic nitrogens is 1. The molecule has 1 aliphatic rings. The summed E-state index contributed by atoms with van der Waals surface area (Å²) >= 11 is 0. The van der Waals surface area contributed by atoms with Crippen LogP contribution >= 0.6 is 0 Å². The standard InChI is InChI=1S/C20H25N3O3/c1-12(18-13(2)23-26-14(18)3)19(24)21-17-10-8-15(9-11-17)20(25)22-16-6-4-5-7-16/h8-12,16H,4-7H2,1-3H3,(H,21,24)(H,22,25). The summed E-state index contributed by atoms with van der Waals surface area (Å²) < 4.78 is 5.14. The second kappa shape index (κ2) is 7.72. The second-order valence-corrected chi connectivity index (χ2v) is 6.98. The van der Waals surface area contributed by atoms with Gasteiger partial charge in [-0.05, 0) is 57.9 Å². The third-order valence-electron chi connectivity index (χ3n) is 5.02. The minimum absolute atomic E-state index is 0.0566. The summed E-state index contributed by atoms with van der Waals surface area (Å²) in [6, 6.07) is 7.27. The van der Waals surface area contributed by atoms with Gasteiger partial charge < -0.3 is 15.2 Å². The molecule has 1 atom stereocenters. The van der Waals surface area contributed by atoms with Crippen molar-refractivity contribution in [3.05, 3.63) is 46.8 Å². The number of rotatable bonds is 5. The molecule has 0 bridgehead atoms. The maximum Gasteiger partial charge on any atom is 0.251 e. The monoisotopic (exact) mass is 355 g/mol. The molecule has 2 N–H and O–H groups in total. The summed E-state index contributed by atoms with van der Waals surface area (Å²) in [5.41, 5.74) is 2.80. The van der Waals surface area contributed by atoms with Crippen LogP contribution in [0, 0.1) is 13.8 Å². The zero-order valence-corrected chi connectivity index (χ0v) is 15.5. The van der Waals surface area contributed by atoms with E-state index in [1.54, 1.807) is 31.2 Å². The van der Waals surface area contributed by atoms with Gasteiger partial charge in [0, 0.05) is 22.9 Å². The number of amides is 2. The van der Waals surface area contributed by atoms with Crippen LogP contribution < -0.4 is 10.6 Å². The summed E-state index contributed by atoms with van der Waals surface area (Å²) in [6.07, 6.45) is 4.47. The third-order valence-corrected chi connectivity index (χ3v) is 5.02. The van der Waals surface area contributed by atoms with Crippen LogP contribution in [-0.2, 0) is 4.79 Å². The molecular weight excluding hydrogens is 330 g/mol. The maximum atomic E-state index is 12.5. The van der Waals surface area contributed by atoms with E-state index in [4.69, 9.17) is 4.52 Å². The van der Waals surface area contributed by atoms with Crippen LogP contribution in [-0.4, -0.2) is 23.0 Å². The molecule has 1 aromatic carbocycles. The molecule has 6 nitrogen and oxygen atoms in total.